The summed E-state index contributed by atoms with van der Waals surface area (Å²) in [6.07, 6.45) is 1.81. The largest absolute Gasteiger partial charge is 0.288 e. The van der Waals surface area contributed by atoms with Crippen molar-refractivity contribution in [3.8, 4) is 0 Å². The van der Waals surface area contributed by atoms with Crippen LogP contribution in [0.4, 0.5) is 0 Å². The summed E-state index contributed by atoms with van der Waals surface area (Å²) in [6, 6.07) is 15.0. The Bertz CT molecular complexity index is 744. The van der Waals surface area contributed by atoms with Gasteiger partial charge in [0, 0.05) is 11.1 Å². The third-order valence-corrected chi connectivity index (χ3v) is 3.29. The summed E-state index contributed by atoms with van der Waals surface area (Å²) in [7, 11) is 0. The molecule has 1 heterocycles. The Morgan fingerprint density at radius 2 is 1.65 bits per heavy atom. The van der Waals surface area contributed by atoms with E-state index >= 15 is 0 Å². The molecule has 0 aliphatic carbocycles. The summed E-state index contributed by atoms with van der Waals surface area (Å²) in [5, 5.41) is 2.37. The Hall–Kier alpha value is -2.68. The lowest BCUT2D eigenvalue weighted by Crippen LogP contribution is -2.36. The minimum Gasteiger partial charge on any atom is -0.288 e. The van der Waals surface area contributed by atoms with Crippen molar-refractivity contribution in [3.05, 3.63) is 70.8 Å². The minimum absolute atomic E-state index is 0.341. The number of fused-ring (bicyclic) bond motifs is 1. The molecule has 0 atom stereocenters. The van der Waals surface area contributed by atoms with Gasteiger partial charge < -0.3 is 0 Å². The monoisotopic (exact) mass is 263 g/mol. The van der Waals surface area contributed by atoms with Crippen LogP contribution in [-0.4, -0.2) is 11.8 Å². The van der Waals surface area contributed by atoms with Crippen molar-refractivity contribution in [1.82, 2.24) is 5.32 Å². The SMILES string of the molecule is Cc1cccc(C=C2C(=O)NC(=O)c3ccccc32)c1. The number of amides is 2. The first-order valence-electron chi connectivity index (χ1n) is 6.38. The maximum Gasteiger partial charge on any atom is 0.258 e. The number of benzene rings is 2. The van der Waals surface area contributed by atoms with E-state index in [-0.39, 0.29) is 11.8 Å². The third-order valence-electron chi connectivity index (χ3n) is 3.29. The van der Waals surface area contributed by atoms with Gasteiger partial charge in [-0.1, -0.05) is 48.0 Å². The van der Waals surface area contributed by atoms with E-state index < -0.39 is 0 Å². The highest BCUT2D eigenvalue weighted by Crippen LogP contribution is 2.26. The van der Waals surface area contributed by atoms with Crippen molar-refractivity contribution in [3.63, 3.8) is 0 Å². The lowest BCUT2D eigenvalue weighted by molar-refractivity contribution is -0.114. The van der Waals surface area contributed by atoms with Crippen molar-refractivity contribution in [2.45, 2.75) is 6.92 Å². The van der Waals surface area contributed by atoms with Gasteiger partial charge in [-0.2, -0.15) is 0 Å². The van der Waals surface area contributed by atoms with E-state index in [0.29, 0.717) is 16.7 Å². The fraction of sp³-hybridized carbons (Fsp3) is 0.0588. The number of hydrogen-bond donors (Lipinski definition) is 1. The van der Waals surface area contributed by atoms with Crippen molar-refractivity contribution < 1.29 is 9.59 Å². The molecule has 0 saturated carbocycles. The Morgan fingerprint density at radius 3 is 2.40 bits per heavy atom. The van der Waals surface area contributed by atoms with Crippen LogP contribution < -0.4 is 5.32 Å². The van der Waals surface area contributed by atoms with Gasteiger partial charge >= 0.3 is 0 Å². The Labute approximate surface area is 116 Å². The van der Waals surface area contributed by atoms with Gasteiger partial charge in [-0.15, -0.1) is 0 Å². The van der Waals surface area contributed by atoms with Gasteiger partial charge in [0.05, 0.1) is 0 Å². The van der Waals surface area contributed by atoms with Crippen LogP contribution in [0.1, 0.15) is 27.0 Å². The van der Waals surface area contributed by atoms with Crippen molar-refractivity contribution >= 4 is 23.5 Å². The van der Waals surface area contributed by atoms with Crippen LogP contribution in [0, 0.1) is 6.92 Å². The summed E-state index contributed by atoms with van der Waals surface area (Å²) in [4.78, 5) is 23.8. The Kier molecular flexibility index (Phi) is 2.95. The highest BCUT2D eigenvalue weighted by atomic mass is 16.2. The molecule has 0 saturated heterocycles. The van der Waals surface area contributed by atoms with Crippen LogP contribution in [0.5, 0.6) is 0 Å². The van der Waals surface area contributed by atoms with Crippen LogP contribution in [0.25, 0.3) is 11.6 Å². The lowest BCUT2D eigenvalue weighted by Gasteiger charge is -2.18. The molecular formula is C17H13NO2. The molecule has 1 aliphatic rings. The number of carbonyl (C=O) groups is 2. The van der Waals surface area contributed by atoms with Crippen LogP contribution in [0.3, 0.4) is 0 Å². The summed E-state index contributed by atoms with van der Waals surface area (Å²) in [5.74, 6) is -0.692. The average Bonchev–Trinajstić information content (AvgIpc) is 2.43. The molecule has 0 bridgehead atoms. The van der Waals surface area contributed by atoms with E-state index in [4.69, 9.17) is 0 Å². The molecule has 2 aromatic carbocycles. The topological polar surface area (TPSA) is 46.2 Å². The average molecular weight is 263 g/mol. The van der Waals surface area contributed by atoms with Gasteiger partial charge in [0.25, 0.3) is 11.8 Å². The molecule has 0 radical (unpaired) electrons. The molecule has 2 amide bonds. The predicted molar refractivity (Wildman–Crippen MR) is 78.0 cm³/mol. The molecule has 0 aromatic heterocycles. The summed E-state index contributed by atoms with van der Waals surface area (Å²) < 4.78 is 0. The molecule has 0 unspecified atom stereocenters. The first-order chi connectivity index (χ1) is 9.65. The molecular weight excluding hydrogens is 250 g/mol. The first kappa shape index (κ1) is 12.4. The molecule has 0 fully saturated rings. The zero-order chi connectivity index (χ0) is 14.1. The van der Waals surface area contributed by atoms with E-state index in [2.05, 4.69) is 5.32 Å². The second-order valence-electron chi connectivity index (χ2n) is 4.80. The highest BCUT2D eigenvalue weighted by molar-refractivity contribution is 6.33. The maximum absolute atomic E-state index is 12.1. The molecule has 1 aliphatic heterocycles. The van der Waals surface area contributed by atoms with Gasteiger partial charge in [0.2, 0.25) is 0 Å². The normalized spacial score (nSPS) is 15.9. The fourth-order valence-corrected chi connectivity index (χ4v) is 2.35. The molecule has 3 rings (SSSR count). The standard InChI is InChI=1S/C17H13NO2/c1-11-5-4-6-12(9-11)10-15-13-7-2-3-8-14(13)16(19)18-17(15)20/h2-10H,1H3,(H,18,19,20). The van der Waals surface area contributed by atoms with Crippen molar-refractivity contribution in [1.29, 1.82) is 0 Å². The fourth-order valence-electron chi connectivity index (χ4n) is 2.35. The Morgan fingerprint density at radius 1 is 0.900 bits per heavy atom. The van der Waals surface area contributed by atoms with Crippen LogP contribution >= 0.6 is 0 Å². The second-order valence-corrected chi connectivity index (χ2v) is 4.80. The molecule has 98 valence electrons. The zero-order valence-corrected chi connectivity index (χ0v) is 11.0. The molecule has 0 spiro atoms. The number of nitrogens with one attached hydrogen (secondary N) is 1. The maximum atomic E-state index is 12.1. The smallest absolute Gasteiger partial charge is 0.258 e. The lowest BCUT2D eigenvalue weighted by atomic mass is 9.93. The van der Waals surface area contributed by atoms with Crippen molar-refractivity contribution in [2.75, 3.05) is 0 Å². The number of aryl methyl sites for hydroxylation is 1. The van der Waals surface area contributed by atoms with E-state index in [9.17, 15) is 9.59 Å². The zero-order valence-electron chi connectivity index (χ0n) is 11.0. The minimum atomic E-state index is -0.352. The number of carbonyl (C=O) groups excluding carboxylic acids is 2. The van der Waals surface area contributed by atoms with Crippen LogP contribution in [0.2, 0.25) is 0 Å². The molecule has 2 aromatic rings. The van der Waals surface area contributed by atoms with Crippen LogP contribution in [-0.2, 0) is 4.79 Å². The summed E-state index contributed by atoms with van der Waals surface area (Å²) in [6.45, 7) is 2.00. The predicted octanol–water partition coefficient (Wildman–Crippen LogP) is 2.81. The van der Waals surface area contributed by atoms with E-state index in [1.807, 2.05) is 43.3 Å². The number of rotatable bonds is 1. The molecule has 20 heavy (non-hydrogen) atoms. The highest BCUT2D eigenvalue weighted by Gasteiger charge is 2.26. The van der Waals surface area contributed by atoms with E-state index in [0.717, 1.165) is 11.1 Å². The second kappa shape index (κ2) is 4.78. The van der Waals surface area contributed by atoms with Gasteiger partial charge in [-0.25, -0.2) is 0 Å². The quantitative estimate of drug-likeness (QED) is 0.635. The summed E-state index contributed by atoms with van der Waals surface area (Å²) in [5.41, 5.74) is 3.80. The van der Waals surface area contributed by atoms with E-state index in [1.165, 1.54) is 0 Å². The van der Waals surface area contributed by atoms with Gasteiger partial charge in [-0.3, -0.25) is 14.9 Å². The Balaban J connectivity index is 2.16. The van der Waals surface area contributed by atoms with E-state index in [1.54, 1.807) is 18.2 Å². The van der Waals surface area contributed by atoms with Crippen molar-refractivity contribution in [2.24, 2.45) is 0 Å². The number of imide groups is 1. The third kappa shape index (κ3) is 2.14. The van der Waals surface area contributed by atoms with Gasteiger partial charge in [0.15, 0.2) is 0 Å². The molecule has 3 nitrogen and oxygen atoms in total. The first-order valence-corrected chi connectivity index (χ1v) is 6.38. The van der Waals surface area contributed by atoms with Crippen LogP contribution in [0.15, 0.2) is 48.5 Å². The summed E-state index contributed by atoms with van der Waals surface area (Å²) >= 11 is 0. The van der Waals surface area contributed by atoms with Gasteiger partial charge in [-0.05, 0) is 30.2 Å². The number of hydrogen-bond acceptors (Lipinski definition) is 2. The molecule has 3 heteroatoms. The van der Waals surface area contributed by atoms with Gasteiger partial charge in [0.1, 0.15) is 0 Å². The molecule has 1 N–H and O–H groups in total.